The number of fused-ring (bicyclic) bond motifs is 2. The molecule has 0 saturated carbocycles. The molecule has 0 amide bonds. The predicted molar refractivity (Wildman–Crippen MR) is 85.5 cm³/mol. The molecule has 0 atom stereocenters. The van der Waals surface area contributed by atoms with Crippen molar-refractivity contribution >= 4 is 69.4 Å². The van der Waals surface area contributed by atoms with Crippen LogP contribution in [0.2, 0.25) is 0 Å². The van der Waals surface area contributed by atoms with Gasteiger partial charge < -0.3 is 4.18 Å². The van der Waals surface area contributed by atoms with Crippen LogP contribution < -0.4 is 4.18 Å². The zero-order chi connectivity index (χ0) is 13.5. The third-order valence-electron chi connectivity index (χ3n) is 2.95. The van der Waals surface area contributed by atoms with E-state index < -0.39 is 10.1 Å². The molecule has 0 aliphatic rings. The Kier molecular flexibility index (Phi) is 4.59. The van der Waals surface area contributed by atoms with Crippen LogP contribution in [0.3, 0.4) is 0 Å². The quantitative estimate of drug-likeness (QED) is 0.414. The van der Waals surface area contributed by atoms with E-state index in [1.54, 1.807) is 12.1 Å². The van der Waals surface area contributed by atoms with E-state index in [1.807, 2.05) is 42.5 Å². The van der Waals surface area contributed by atoms with Gasteiger partial charge in [0.2, 0.25) is 0 Å². The van der Waals surface area contributed by atoms with Crippen LogP contribution in [0, 0.1) is 0 Å². The topological polar surface area (TPSA) is 43.4 Å². The molecule has 3 rings (SSSR count). The van der Waals surface area contributed by atoms with Gasteiger partial charge in [-0.2, -0.15) is 8.42 Å². The van der Waals surface area contributed by atoms with Gasteiger partial charge in [0.05, 0.1) is 6.26 Å². The van der Waals surface area contributed by atoms with Crippen molar-refractivity contribution < 1.29 is 12.6 Å². The standard InChI is InChI=1S/C15H12O3S.Ca.2H/c1-19(16,17)18-15-8-4-7-13-9-11-5-2-3-6-12(11)10-14(13)15;;;/h2-10H,1H3;;;. The molecule has 0 aliphatic heterocycles. The summed E-state index contributed by atoms with van der Waals surface area (Å²) in [6, 6.07) is 17.3. The van der Waals surface area contributed by atoms with Crippen molar-refractivity contribution in [2.75, 3.05) is 6.26 Å². The van der Waals surface area contributed by atoms with Crippen molar-refractivity contribution in [1.82, 2.24) is 0 Å². The Morgan fingerprint density at radius 2 is 1.45 bits per heavy atom. The molecule has 20 heavy (non-hydrogen) atoms. The van der Waals surface area contributed by atoms with Crippen LogP contribution in [0.25, 0.3) is 21.5 Å². The van der Waals surface area contributed by atoms with Gasteiger partial charge in [-0.15, -0.1) is 0 Å². The summed E-state index contributed by atoms with van der Waals surface area (Å²) in [5.74, 6) is 0.366. The monoisotopic (exact) mass is 314 g/mol. The van der Waals surface area contributed by atoms with Crippen molar-refractivity contribution in [3.63, 3.8) is 0 Å². The molecule has 3 aromatic carbocycles. The number of benzene rings is 3. The fourth-order valence-electron chi connectivity index (χ4n) is 2.17. The first-order valence-electron chi connectivity index (χ1n) is 5.84. The SMILES string of the molecule is CS(=O)(=O)Oc1cccc2cc3ccccc3cc12.[CaH2]. The molecule has 0 N–H and O–H groups in total. The van der Waals surface area contributed by atoms with Crippen molar-refractivity contribution in [2.45, 2.75) is 0 Å². The second kappa shape index (κ2) is 5.90. The molecule has 0 unspecified atom stereocenters. The predicted octanol–water partition coefficient (Wildman–Crippen LogP) is 2.42. The number of rotatable bonds is 2. The molecule has 0 bridgehead atoms. The first-order chi connectivity index (χ1) is 9.03. The van der Waals surface area contributed by atoms with E-state index in [1.165, 1.54) is 0 Å². The molecule has 0 heterocycles. The van der Waals surface area contributed by atoms with E-state index in [-0.39, 0.29) is 37.7 Å². The number of hydrogen-bond donors (Lipinski definition) is 0. The third-order valence-corrected chi connectivity index (χ3v) is 3.43. The van der Waals surface area contributed by atoms with Gasteiger partial charge in [-0.1, -0.05) is 36.4 Å². The Morgan fingerprint density at radius 3 is 2.10 bits per heavy atom. The Hall–Kier alpha value is -0.810. The Morgan fingerprint density at radius 1 is 0.850 bits per heavy atom. The van der Waals surface area contributed by atoms with E-state index in [0.29, 0.717) is 5.75 Å². The van der Waals surface area contributed by atoms with Crippen molar-refractivity contribution in [1.29, 1.82) is 0 Å². The third kappa shape index (κ3) is 3.26. The maximum absolute atomic E-state index is 11.3. The van der Waals surface area contributed by atoms with E-state index in [2.05, 4.69) is 0 Å². The normalized spacial score (nSPS) is 11.2. The molecule has 100 valence electrons. The summed E-state index contributed by atoms with van der Waals surface area (Å²) in [5.41, 5.74) is 0. The first kappa shape index (κ1) is 15.6. The molecule has 0 radical (unpaired) electrons. The van der Waals surface area contributed by atoms with E-state index in [0.717, 1.165) is 27.8 Å². The van der Waals surface area contributed by atoms with E-state index in [4.69, 9.17) is 4.18 Å². The summed E-state index contributed by atoms with van der Waals surface area (Å²) in [6.45, 7) is 0. The van der Waals surface area contributed by atoms with E-state index in [9.17, 15) is 8.42 Å². The van der Waals surface area contributed by atoms with Crippen molar-refractivity contribution in [3.05, 3.63) is 54.6 Å². The van der Waals surface area contributed by atoms with Crippen LogP contribution in [0.1, 0.15) is 0 Å². The fourth-order valence-corrected chi connectivity index (χ4v) is 2.65. The second-order valence-corrected chi connectivity index (χ2v) is 6.04. The van der Waals surface area contributed by atoms with Gasteiger partial charge in [0, 0.05) is 5.39 Å². The maximum atomic E-state index is 11.3. The van der Waals surface area contributed by atoms with Crippen molar-refractivity contribution in [3.8, 4) is 5.75 Å². The van der Waals surface area contributed by atoms with Crippen LogP contribution in [0.4, 0.5) is 0 Å². The molecule has 0 fully saturated rings. The molecule has 5 heteroatoms. The molecular weight excluding hydrogens is 300 g/mol. The Balaban J connectivity index is 0.00000147. The Labute approximate surface area is 147 Å². The average molecular weight is 314 g/mol. The first-order valence-corrected chi connectivity index (χ1v) is 7.65. The summed E-state index contributed by atoms with van der Waals surface area (Å²) >= 11 is 0. The average Bonchev–Trinajstić information content (AvgIpc) is 2.35. The van der Waals surface area contributed by atoms with Gasteiger partial charge >= 0.3 is 47.9 Å². The van der Waals surface area contributed by atoms with Gasteiger partial charge in [-0.25, -0.2) is 0 Å². The molecular formula is C15H14CaO3S. The van der Waals surface area contributed by atoms with Crippen LogP contribution in [-0.2, 0) is 10.1 Å². The van der Waals surface area contributed by atoms with Gasteiger partial charge in [-0.05, 0) is 34.4 Å². The van der Waals surface area contributed by atoms with Crippen LogP contribution in [-0.4, -0.2) is 52.4 Å². The minimum absolute atomic E-state index is 0. The summed E-state index contributed by atoms with van der Waals surface area (Å²) < 4.78 is 27.6. The summed E-state index contributed by atoms with van der Waals surface area (Å²) in [4.78, 5) is 0. The van der Waals surface area contributed by atoms with Crippen LogP contribution in [0.5, 0.6) is 5.75 Å². The zero-order valence-electron chi connectivity index (χ0n) is 10.3. The fraction of sp³-hybridized carbons (Fsp3) is 0.0667. The minimum atomic E-state index is -3.52. The summed E-state index contributed by atoms with van der Waals surface area (Å²) in [6.07, 6.45) is 1.05. The van der Waals surface area contributed by atoms with Crippen molar-refractivity contribution in [2.24, 2.45) is 0 Å². The summed E-state index contributed by atoms with van der Waals surface area (Å²) in [7, 11) is -3.52. The molecule has 3 aromatic rings. The molecule has 0 saturated heterocycles. The zero-order valence-corrected chi connectivity index (χ0v) is 11.1. The Bertz CT molecular complexity index is 873. The molecule has 0 aromatic heterocycles. The molecule has 0 aliphatic carbocycles. The molecule has 0 spiro atoms. The van der Waals surface area contributed by atoms with Gasteiger partial charge in [0.25, 0.3) is 0 Å². The van der Waals surface area contributed by atoms with Crippen LogP contribution in [0.15, 0.2) is 54.6 Å². The van der Waals surface area contributed by atoms with E-state index >= 15 is 0 Å². The second-order valence-electron chi connectivity index (χ2n) is 4.46. The van der Waals surface area contributed by atoms with Gasteiger partial charge in [0.15, 0.2) is 0 Å². The summed E-state index contributed by atoms with van der Waals surface area (Å²) in [5, 5.41) is 3.93. The van der Waals surface area contributed by atoms with Crippen LogP contribution >= 0.6 is 0 Å². The van der Waals surface area contributed by atoms with Gasteiger partial charge in [-0.3, -0.25) is 0 Å². The molecule has 3 nitrogen and oxygen atoms in total. The number of hydrogen-bond acceptors (Lipinski definition) is 3. The van der Waals surface area contributed by atoms with Gasteiger partial charge in [0.1, 0.15) is 5.75 Å².